The molecule has 0 saturated carbocycles. The molecule has 0 aliphatic rings. The van der Waals surface area contributed by atoms with Crippen LogP contribution in [-0.4, -0.2) is 53.7 Å². The third kappa shape index (κ3) is 6.97. The van der Waals surface area contributed by atoms with Crippen LogP contribution in [0.15, 0.2) is 59.9 Å². The maximum absolute atomic E-state index is 11.8. The van der Waals surface area contributed by atoms with Gasteiger partial charge in [-0.15, -0.1) is 0 Å². The van der Waals surface area contributed by atoms with E-state index in [9.17, 15) is 4.79 Å². The lowest BCUT2D eigenvalue weighted by Crippen LogP contribution is -2.43. The smallest absolute Gasteiger partial charge is 0.241 e. The number of carbonyl (C=O) groups excluding carboxylic acids is 1. The Morgan fingerprint density at radius 3 is 2.52 bits per heavy atom. The lowest BCUT2D eigenvalue weighted by atomic mass is 10.1. The van der Waals surface area contributed by atoms with Gasteiger partial charge in [-0.1, -0.05) is 36.4 Å². The average Bonchev–Trinajstić information content (AvgIpc) is 3.14. The number of aromatic nitrogens is 2. The average molecular weight is 368 g/mol. The Kier molecular flexibility index (Phi) is 7.61. The lowest BCUT2D eigenvalue weighted by Gasteiger charge is -2.15. The van der Waals surface area contributed by atoms with Crippen LogP contribution in [-0.2, 0) is 17.9 Å². The summed E-state index contributed by atoms with van der Waals surface area (Å²) in [5.41, 5.74) is 3.26. The number of nitrogens with zero attached hydrogens (tertiary/aromatic N) is 4. The number of hydrogen-bond donors (Lipinski definition) is 2. The fourth-order valence-corrected chi connectivity index (χ4v) is 2.33. The Hall–Kier alpha value is -3.09. The molecule has 144 valence electrons. The third-order valence-corrected chi connectivity index (χ3v) is 3.88. The maximum atomic E-state index is 11.8. The Labute approximate surface area is 160 Å². The van der Waals surface area contributed by atoms with Crippen LogP contribution in [0.5, 0.6) is 0 Å². The first-order valence-electron chi connectivity index (χ1n) is 8.86. The summed E-state index contributed by atoms with van der Waals surface area (Å²) in [4.78, 5) is 18.0. The fraction of sp³-hybridized carbons (Fsp3) is 0.350. The Morgan fingerprint density at radius 2 is 1.89 bits per heavy atom. The van der Waals surface area contributed by atoms with E-state index in [1.165, 1.54) is 0 Å². The van der Waals surface area contributed by atoms with Crippen molar-refractivity contribution in [3.63, 3.8) is 0 Å². The van der Waals surface area contributed by atoms with Crippen LogP contribution in [0.4, 0.5) is 0 Å². The molecule has 0 bridgehead atoms. The summed E-state index contributed by atoms with van der Waals surface area (Å²) in [5, 5.41) is 10.5. The van der Waals surface area contributed by atoms with Crippen molar-refractivity contribution >= 4 is 11.9 Å². The summed E-state index contributed by atoms with van der Waals surface area (Å²) in [6.07, 6.45) is 3.71. The zero-order valence-electron chi connectivity index (χ0n) is 16.3. The molecule has 0 spiro atoms. The van der Waals surface area contributed by atoms with Crippen molar-refractivity contribution in [2.75, 3.05) is 27.2 Å². The van der Waals surface area contributed by atoms with E-state index < -0.39 is 0 Å². The van der Waals surface area contributed by atoms with Crippen molar-refractivity contribution in [3.05, 3.63) is 66.0 Å². The van der Waals surface area contributed by atoms with Gasteiger partial charge in [0.15, 0.2) is 5.96 Å². The van der Waals surface area contributed by atoms with Gasteiger partial charge in [0.25, 0.3) is 0 Å². The number of guanidine groups is 1. The molecule has 7 nitrogen and oxygen atoms in total. The van der Waals surface area contributed by atoms with E-state index in [2.05, 4.69) is 39.4 Å². The molecule has 2 N–H and O–H groups in total. The van der Waals surface area contributed by atoms with Gasteiger partial charge in [0, 0.05) is 33.0 Å². The predicted octanol–water partition coefficient (Wildman–Crippen LogP) is 1.63. The Morgan fingerprint density at radius 1 is 1.19 bits per heavy atom. The number of rotatable bonds is 8. The summed E-state index contributed by atoms with van der Waals surface area (Å²) >= 11 is 0. The number of aliphatic imine (C=N–C) groups is 1. The zero-order chi connectivity index (χ0) is 19.6. The highest BCUT2D eigenvalue weighted by molar-refractivity contribution is 5.86. The fourth-order valence-electron chi connectivity index (χ4n) is 2.33. The van der Waals surface area contributed by atoms with E-state index in [0.717, 1.165) is 16.7 Å². The van der Waals surface area contributed by atoms with Crippen LogP contribution in [0.1, 0.15) is 18.1 Å². The Balaban J connectivity index is 2.09. The van der Waals surface area contributed by atoms with E-state index in [1.54, 1.807) is 25.2 Å². The molecule has 0 aliphatic carbocycles. The molecule has 2 aromatic rings. The van der Waals surface area contributed by atoms with Crippen molar-refractivity contribution in [2.45, 2.75) is 20.0 Å². The largest absolute Gasteiger partial charge is 0.353 e. The minimum absolute atomic E-state index is 0.0149. The van der Waals surface area contributed by atoms with Gasteiger partial charge in [0.1, 0.15) is 0 Å². The molecule has 0 atom stereocenters. The second-order valence-corrected chi connectivity index (χ2v) is 6.59. The number of likely N-dealkylation sites (N-methyl/N-ethyl adjacent to an activating group) is 1. The number of hydrogen-bond acceptors (Lipinski definition) is 3. The molecule has 27 heavy (non-hydrogen) atoms. The van der Waals surface area contributed by atoms with Gasteiger partial charge in [-0.05, 0) is 24.1 Å². The predicted molar refractivity (Wildman–Crippen MR) is 108 cm³/mol. The molecule has 7 heteroatoms. The van der Waals surface area contributed by atoms with Gasteiger partial charge in [0.05, 0.1) is 19.6 Å². The second-order valence-electron chi connectivity index (χ2n) is 6.59. The molecule has 0 aliphatic heterocycles. The van der Waals surface area contributed by atoms with Crippen LogP contribution < -0.4 is 10.6 Å². The number of nitrogens with one attached hydrogen (secondary N) is 2. The summed E-state index contributed by atoms with van der Waals surface area (Å²) < 4.78 is 1.89. The number of amides is 1. The first-order chi connectivity index (χ1) is 13.0. The molecule has 0 fully saturated rings. The van der Waals surface area contributed by atoms with Gasteiger partial charge in [-0.25, -0.2) is 4.99 Å². The third-order valence-electron chi connectivity index (χ3n) is 3.88. The molecule has 0 saturated heterocycles. The SMILES string of the molecule is C=C(C)CNC(=NCc1ccccc1Cn1cccn1)NCC(=O)N(C)C. The molecular formula is C20H28N6O. The number of carbonyl (C=O) groups is 1. The highest BCUT2D eigenvalue weighted by atomic mass is 16.2. The van der Waals surface area contributed by atoms with Crippen LogP contribution >= 0.6 is 0 Å². The zero-order valence-corrected chi connectivity index (χ0v) is 16.3. The molecule has 0 unspecified atom stereocenters. The lowest BCUT2D eigenvalue weighted by molar-refractivity contribution is -0.127. The van der Waals surface area contributed by atoms with E-state index in [-0.39, 0.29) is 12.5 Å². The van der Waals surface area contributed by atoms with Gasteiger partial charge in [-0.2, -0.15) is 5.10 Å². The first kappa shape index (κ1) is 20.2. The van der Waals surface area contributed by atoms with Crippen LogP contribution in [0.25, 0.3) is 0 Å². The molecule has 2 rings (SSSR count). The quantitative estimate of drug-likeness (QED) is 0.422. The second kappa shape index (κ2) is 10.2. The van der Waals surface area contributed by atoms with Gasteiger partial charge >= 0.3 is 0 Å². The van der Waals surface area contributed by atoms with Crippen molar-refractivity contribution in [3.8, 4) is 0 Å². The van der Waals surface area contributed by atoms with E-state index in [4.69, 9.17) is 0 Å². The van der Waals surface area contributed by atoms with Crippen LogP contribution in [0, 0.1) is 0 Å². The summed E-state index contributed by atoms with van der Waals surface area (Å²) in [6, 6.07) is 10.1. The summed E-state index contributed by atoms with van der Waals surface area (Å²) in [6.45, 7) is 7.81. The van der Waals surface area contributed by atoms with Crippen molar-refractivity contribution in [1.82, 2.24) is 25.3 Å². The van der Waals surface area contributed by atoms with E-state index in [1.807, 2.05) is 36.0 Å². The first-order valence-corrected chi connectivity index (χ1v) is 8.86. The minimum Gasteiger partial charge on any atom is -0.353 e. The van der Waals surface area contributed by atoms with Crippen molar-refractivity contribution < 1.29 is 4.79 Å². The van der Waals surface area contributed by atoms with Crippen molar-refractivity contribution in [1.29, 1.82) is 0 Å². The van der Waals surface area contributed by atoms with Gasteiger partial charge in [-0.3, -0.25) is 9.48 Å². The maximum Gasteiger partial charge on any atom is 0.241 e. The monoisotopic (exact) mass is 368 g/mol. The standard InChI is InChI=1S/C20H28N6O/c1-16(2)12-21-20(23-14-19(27)25(3)4)22-13-17-8-5-6-9-18(17)15-26-11-7-10-24-26/h5-11H,1,12-15H2,2-4H3,(H2,21,22,23). The van der Waals surface area contributed by atoms with Crippen LogP contribution in [0.2, 0.25) is 0 Å². The molecular weight excluding hydrogens is 340 g/mol. The van der Waals surface area contributed by atoms with E-state index in [0.29, 0.717) is 25.6 Å². The number of benzene rings is 1. The Bertz CT molecular complexity index is 780. The molecule has 1 aromatic carbocycles. The summed E-state index contributed by atoms with van der Waals surface area (Å²) in [7, 11) is 3.46. The summed E-state index contributed by atoms with van der Waals surface area (Å²) in [5.74, 6) is 0.570. The molecule has 1 aromatic heterocycles. The highest BCUT2D eigenvalue weighted by Crippen LogP contribution is 2.11. The molecule has 0 radical (unpaired) electrons. The van der Waals surface area contributed by atoms with Crippen LogP contribution in [0.3, 0.4) is 0 Å². The minimum atomic E-state index is -0.0149. The molecule has 1 heterocycles. The van der Waals surface area contributed by atoms with Gasteiger partial charge in [0.2, 0.25) is 5.91 Å². The molecule has 1 amide bonds. The highest BCUT2D eigenvalue weighted by Gasteiger charge is 2.07. The van der Waals surface area contributed by atoms with E-state index >= 15 is 0 Å². The normalized spacial score (nSPS) is 11.1. The van der Waals surface area contributed by atoms with Gasteiger partial charge < -0.3 is 15.5 Å². The van der Waals surface area contributed by atoms with Crippen molar-refractivity contribution in [2.24, 2.45) is 4.99 Å². The topological polar surface area (TPSA) is 74.5 Å².